The van der Waals surface area contributed by atoms with E-state index in [0.717, 1.165) is 25.9 Å². The van der Waals surface area contributed by atoms with Crippen molar-refractivity contribution in [1.82, 2.24) is 10.2 Å². The van der Waals surface area contributed by atoms with Gasteiger partial charge in [-0.15, -0.1) is 0 Å². The fourth-order valence-electron chi connectivity index (χ4n) is 3.38. The first-order chi connectivity index (χ1) is 10.2. The second-order valence-corrected chi connectivity index (χ2v) is 5.68. The zero-order valence-corrected chi connectivity index (χ0v) is 11.8. The minimum absolute atomic E-state index is 0.00693. The second-order valence-electron chi connectivity index (χ2n) is 5.68. The lowest BCUT2D eigenvalue weighted by Crippen LogP contribution is -2.42. The quantitative estimate of drug-likeness (QED) is 0.331. The maximum atomic E-state index is 12.4. The minimum Gasteiger partial charge on any atom is -0.409 e. The number of oxime groups is 1. The molecule has 1 aromatic carbocycles. The van der Waals surface area contributed by atoms with E-state index in [4.69, 9.17) is 10.9 Å². The standard InChI is InChI=1S/C15H20N4O2/c16-14(18-21)10-3-1-4-11(9-10)15(20)17-12-6-8-19-7-2-5-13(12)19/h1,3-4,9,12-13,21H,2,5-8H2,(H2,16,18)(H,17,20). The van der Waals surface area contributed by atoms with Crippen molar-refractivity contribution < 1.29 is 10.0 Å². The number of carbonyl (C=O) groups is 1. The van der Waals surface area contributed by atoms with Crippen LogP contribution in [0.2, 0.25) is 0 Å². The highest BCUT2D eigenvalue weighted by Crippen LogP contribution is 2.28. The summed E-state index contributed by atoms with van der Waals surface area (Å²) in [5, 5.41) is 14.8. The smallest absolute Gasteiger partial charge is 0.251 e. The van der Waals surface area contributed by atoms with Gasteiger partial charge in [-0.3, -0.25) is 9.69 Å². The summed E-state index contributed by atoms with van der Waals surface area (Å²) >= 11 is 0. The molecule has 2 unspecified atom stereocenters. The number of nitrogens with zero attached hydrogens (tertiary/aromatic N) is 2. The fraction of sp³-hybridized carbons (Fsp3) is 0.467. The Morgan fingerprint density at radius 2 is 2.14 bits per heavy atom. The van der Waals surface area contributed by atoms with Crippen LogP contribution in [0.4, 0.5) is 0 Å². The van der Waals surface area contributed by atoms with Gasteiger partial charge in [0.15, 0.2) is 5.84 Å². The van der Waals surface area contributed by atoms with Crippen molar-refractivity contribution in [3.05, 3.63) is 35.4 Å². The Hall–Kier alpha value is -2.08. The van der Waals surface area contributed by atoms with Crippen molar-refractivity contribution in [3.8, 4) is 0 Å². The number of nitrogens with two attached hydrogens (primary N) is 1. The number of amidine groups is 1. The van der Waals surface area contributed by atoms with Gasteiger partial charge in [0.2, 0.25) is 0 Å². The van der Waals surface area contributed by atoms with Crippen LogP contribution >= 0.6 is 0 Å². The summed E-state index contributed by atoms with van der Waals surface area (Å²) < 4.78 is 0. The maximum Gasteiger partial charge on any atom is 0.251 e. The molecule has 6 nitrogen and oxygen atoms in total. The van der Waals surface area contributed by atoms with Crippen LogP contribution in [0.25, 0.3) is 0 Å². The monoisotopic (exact) mass is 288 g/mol. The largest absolute Gasteiger partial charge is 0.409 e. The molecule has 2 atom stereocenters. The Morgan fingerprint density at radius 1 is 1.33 bits per heavy atom. The van der Waals surface area contributed by atoms with Crippen molar-refractivity contribution in [1.29, 1.82) is 0 Å². The normalized spacial score (nSPS) is 25.8. The molecule has 0 spiro atoms. The first-order valence-electron chi connectivity index (χ1n) is 7.32. The number of carbonyl (C=O) groups excluding carboxylic acids is 1. The molecular formula is C15H20N4O2. The van der Waals surface area contributed by atoms with Gasteiger partial charge in [-0.1, -0.05) is 17.3 Å². The molecule has 0 bridgehead atoms. The van der Waals surface area contributed by atoms with Gasteiger partial charge in [0.25, 0.3) is 5.91 Å². The van der Waals surface area contributed by atoms with Crippen LogP contribution in [0.5, 0.6) is 0 Å². The van der Waals surface area contributed by atoms with Crippen LogP contribution in [0, 0.1) is 0 Å². The molecule has 1 amide bonds. The van der Waals surface area contributed by atoms with E-state index >= 15 is 0 Å². The Labute approximate surface area is 123 Å². The van der Waals surface area contributed by atoms with Crippen molar-refractivity contribution in [2.45, 2.75) is 31.3 Å². The second kappa shape index (κ2) is 5.73. The van der Waals surface area contributed by atoms with Crippen LogP contribution in [0.3, 0.4) is 0 Å². The third-order valence-corrected chi connectivity index (χ3v) is 4.45. The highest BCUT2D eigenvalue weighted by molar-refractivity contribution is 6.01. The van der Waals surface area contributed by atoms with Crippen LogP contribution in [0.15, 0.2) is 29.4 Å². The average molecular weight is 288 g/mol. The van der Waals surface area contributed by atoms with E-state index in [9.17, 15) is 4.79 Å². The van der Waals surface area contributed by atoms with Crippen LogP contribution in [-0.4, -0.2) is 47.0 Å². The number of benzene rings is 1. The van der Waals surface area contributed by atoms with Crippen molar-refractivity contribution in [3.63, 3.8) is 0 Å². The van der Waals surface area contributed by atoms with Crippen molar-refractivity contribution in [2.24, 2.45) is 10.9 Å². The molecule has 4 N–H and O–H groups in total. The minimum atomic E-state index is -0.0960. The van der Waals surface area contributed by atoms with E-state index in [2.05, 4.69) is 15.4 Å². The molecule has 2 heterocycles. The summed E-state index contributed by atoms with van der Waals surface area (Å²) in [6.45, 7) is 2.22. The summed E-state index contributed by atoms with van der Waals surface area (Å²) in [6.07, 6.45) is 3.39. The molecule has 2 aliphatic rings. The highest BCUT2D eigenvalue weighted by atomic mass is 16.4. The summed E-state index contributed by atoms with van der Waals surface area (Å²) in [6, 6.07) is 7.55. The van der Waals surface area contributed by atoms with Gasteiger partial charge in [-0.25, -0.2) is 0 Å². The number of nitrogens with one attached hydrogen (secondary N) is 1. The highest BCUT2D eigenvalue weighted by Gasteiger charge is 2.37. The van der Waals surface area contributed by atoms with Gasteiger partial charge < -0.3 is 16.3 Å². The van der Waals surface area contributed by atoms with Crippen molar-refractivity contribution in [2.75, 3.05) is 13.1 Å². The van der Waals surface area contributed by atoms with E-state index in [0.29, 0.717) is 17.2 Å². The topological polar surface area (TPSA) is 91.0 Å². The molecule has 2 fully saturated rings. The third-order valence-electron chi connectivity index (χ3n) is 4.45. The van der Waals surface area contributed by atoms with Gasteiger partial charge in [0.1, 0.15) is 0 Å². The number of hydrogen-bond acceptors (Lipinski definition) is 4. The predicted molar refractivity (Wildman–Crippen MR) is 79.4 cm³/mol. The molecule has 2 aliphatic heterocycles. The predicted octanol–water partition coefficient (Wildman–Crippen LogP) is 0.748. The molecule has 0 saturated carbocycles. The van der Waals surface area contributed by atoms with Crippen LogP contribution in [-0.2, 0) is 0 Å². The molecule has 112 valence electrons. The van der Waals surface area contributed by atoms with E-state index in [-0.39, 0.29) is 17.8 Å². The molecular weight excluding hydrogens is 268 g/mol. The number of fused-ring (bicyclic) bond motifs is 1. The van der Waals surface area contributed by atoms with Crippen LogP contribution in [0.1, 0.15) is 35.2 Å². The molecule has 0 radical (unpaired) electrons. The number of hydrogen-bond donors (Lipinski definition) is 3. The van der Waals surface area contributed by atoms with E-state index < -0.39 is 0 Å². The fourth-order valence-corrected chi connectivity index (χ4v) is 3.38. The number of amides is 1. The Balaban J connectivity index is 1.71. The lowest BCUT2D eigenvalue weighted by Gasteiger charge is -2.21. The van der Waals surface area contributed by atoms with Gasteiger partial charge in [0, 0.05) is 29.8 Å². The number of rotatable bonds is 3. The average Bonchev–Trinajstić information content (AvgIpc) is 3.11. The third kappa shape index (κ3) is 2.71. The van der Waals surface area contributed by atoms with E-state index in [1.165, 1.54) is 6.42 Å². The lowest BCUT2D eigenvalue weighted by molar-refractivity contribution is 0.0929. The van der Waals surface area contributed by atoms with Crippen LogP contribution < -0.4 is 11.1 Å². The zero-order valence-electron chi connectivity index (χ0n) is 11.8. The molecule has 6 heteroatoms. The molecule has 21 heavy (non-hydrogen) atoms. The van der Waals surface area contributed by atoms with Gasteiger partial charge in [-0.2, -0.15) is 0 Å². The summed E-state index contributed by atoms with van der Waals surface area (Å²) in [4.78, 5) is 14.8. The maximum absolute atomic E-state index is 12.4. The molecule has 3 rings (SSSR count). The first-order valence-corrected chi connectivity index (χ1v) is 7.32. The first kappa shape index (κ1) is 13.9. The Kier molecular flexibility index (Phi) is 3.79. The lowest BCUT2D eigenvalue weighted by atomic mass is 10.0. The Morgan fingerprint density at radius 3 is 2.95 bits per heavy atom. The summed E-state index contributed by atoms with van der Waals surface area (Å²) in [5.74, 6) is -0.0891. The van der Waals surface area contributed by atoms with Gasteiger partial charge >= 0.3 is 0 Å². The Bertz CT molecular complexity index is 573. The van der Waals surface area contributed by atoms with E-state index in [1.807, 2.05) is 0 Å². The summed E-state index contributed by atoms with van der Waals surface area (Å²) in [7, 11) is 0. The molecule has 0 aromatic heterocycles. The van der Waals surface area contributed by atoms with Gasteiger partial charge in [-0.05, 0) is 37.9 Å². The SMILES string of the molecule is NC(=NO)c1cccc(C(=O)NC2CCN3CCCC23)c1. The molecule has 2 saturated heterocycles. The van der Waals surface area contributed by atoms with E-state index in [1.54, 1.807) is 24.3 Å². The summed E-state index contributed by atoms with van der Waals surface area (Å²) in [5.41, 5.74) is 6.64. The molecule has 1 aromatic rings. The van der Waals surface area contributed by atoms with Crippen molar-refractivity contribution >= 4 is 11.7 Å². The van der Waals surface area contributed by atoms with Gasteiger partial charge in [0.05, 0.1) is 0 Å². The zero-order chi connectivity index (χ0) is 14.8. The molecule has 0 aliphatic carbocycles.